The molecule has 0 aliphatic carbocycles. The Hall–Kier alpha value is -2.82. The topological polar surface area (TPSA) is 119 Å². The minimum absolute atomic E-state index is 0.283. The van der Waals surface area contributed by atoms with E-state index in [2.05, 4.69) is 31.8 Å². The van der Waals surface area contributed by atoms with E-state index in [9.17, 15) is 0 Å². The first-order valence-corrected chi connectivity index (χ1v) is 9.28. The zero-order valence-corrected chi connectivity index (χ0v) is 15.7. The van der Waals surface area contributed by atoms with Crippen LogP contribution < -0.4 is 11.1 Å². The van der Waals surface area contributed by atoms with Crippen molar-refractivity contribution in [1.82, 2.24) is 25.7 Å². The van der Waals surface area contributed by atoms with Crippen molar-refractivity contribution < 1.29 is 0 Å². The van der Waals surface area contributed by atoms with Crippen molar-refractivity contribution in [3.63, 3.8) is 0 Å². The molecule has 0 radical (unpaired) electrons. The monoisotopic (exact) mass is 383 g/mol. The Labute approximate surface area is 162 Å². The maximum Gasteiger partial charge on any atom is 0.163 e. The SMILES string of the molecule is N#Cc1c(N)n[nH]c1CCCCCNCc1cn[nH]c1-c1ccc(Cl)cc1. The number of aryl methyl sites for hydroxylation is 1. The number of aromatic nitrogens is 4. The number of nitrogens with zero attached hydrogens (tertiary/aromatic N) is 3. The number of nitrogens with one attached hydrogen (secondary N) is 3. The Morgan fingerprint density at radius 2 is 1.96 bits per heavy atom. The van der Waals surface area contributed by atoms with Gasteiger partial charge in [0.15, 0.2) is 5.82 Å². The molecule has 0 fully saturated rings. The summed E-state index contributed by atoms with van der Waals surface area (Å²) in [4.78, 5) is 0. The predicted octanol–water partition coefficient (Wildman–Crippen LogP) is 3.41. The van der Waals surface area contributed by atoms with E-state index >= 15 is 0 Å². The number of anilines is 1. The number of H-pyrrole nitrogens is 2. The number of nitriles is 1. The standard InChI is InChI=1S/C19H22ClN7/c20-15-7-5-13(6-8-15)18-14(12-24-26-18)11-23-9-3-1-2-4-17-16(10-21)19(22)27-25-17/h5-8,12,23H,1-4,9,11H2,(H,24,26)(H3,22,25,27). The molecule has 0 aliphatic rings. The molecular weight excluding hydrogens is 362 g/mol. The molecule has 0 atom stereocenters. The summed E-state index contributed by atoms with van der Waals surface area (Å²) in [5.41, 5.74) is 10.2. The highest BCUT2D eigenvalue weighted by Crippen LogP contribution is 2.22. The van der Waals surface area contributed by atoms with E-state index in [1.807, 2.05) is 30.5 Å². The minimum atomic E-state index is 0.283. The van der Waals surface area contributed by atoms with E-state index in [1.54, 1.807) is 0 Å². The van der Waals surface area contributed by atoms with E-state index in [-0.39, 0.29) is 5.82 Å². The second-order valence-electron chi connectivity index (χ2n) is 6.34. The summed E-state index contributed by atoms with van der Waals surface area (Å²) in [6.45, 7) is 1.67. The lowest BCUT2D eigenvalue weighted by atomic mass is 10.1. The molecule has 5 N–H and O–H groups in total. The van der Waals surface area contributed by atoms with Crippen LogP contribution in [0.1, 0.15) is 36.1 Å². The van der Waals surface area contributed by atoms with Crippen molar-refractivity contribution >= 4 is 17.4 Å². The lowest BCUT2D eigenvalue weighted by Gasteiger charge is -2.06. The van der Waals surface area contributed by atoms with Gasteiger partial charge in [-0.25, -0.2) is 0 Å². The molecule has 0 bridgehead atoms. The van der Waals surface area contributed by atoms with Gasteiger partial charge in [-0.2, -0.15) is 15.5 Å². The van der Waals surface area contributed by atoms with Crippen molar-refractivity contribution in [3.05, 3.63) is 52.3 Å². The second kappa shape index (κ2) is 9.21. The molecule has 27 heavy (non-hydrogen) atoms. The summed E-state index contributed by atoms with van der Waals surface area (Å²) in [5.74, 6) is 0.283. The lowest BCUT2D eigenvalue weighted by Crippen LogP contribution is -2.14. The fraction of sp³-hybridized carbons (Fsp3) is 0.316. The number of rotatable bonds is 9. The van der Waals surface area contributed by atoms with Crippen molar-refractivity contribution in [2.75, 3.05) is 12.3 Å². The molecule has 3 aromatic rings. The quantitative estimate of drug-likeness (QED) is 0.422. The zero-order chi connectivity index (χ0) is 19.1. The third-order valence-corrected chi connectivity index (χ3v) is 4.68. The summed E-state index contributed by atoms with van der Waals surface area (Å²) in [6, 6.07) is 9.81. The van der Waals surface area contributed by atoms with Gasteiger partial charge in [0.1, 0.15) is 11.6 Å². The van der Waals surface area contributed by atoms with E-state index < -0.39 is 0 Å². The fourth-order valence-electron chi connectivity index (χ4n) is 2.96. The second-order valence-corrected chi connectivity index (χ2v) is 6.78. The van der Waals surface area contributed by atoms with Crippen molar-refractivity contribution in [2.45, 2.75) is 32.2 Å². The van der Waals surface area contributed by atoms with Crippen LogP contribution in [0.3, 0.4) is 0 Å². The molecule has 0 spiro atoms. The maximum absolute atomic E-state index is 9.06. The first-order valence-electron chi connectivity index (χ1n) is 8.90. The molecule has 8 heteroatoms. The molecule has 140 valence electrons. The first kappa shape index (κ1) is 19.0. The Morgan fingerprint density at radius 1 is 1.15 bits per heavy atom. The molecule has 1 aromatic carbocycles. The van der Waals surface area contributed by atoms with Crippen LogP contribution in [-0.4, -0.2) is 26.9 Å². The smallest absolute Gasteiger partial charge is 0.163 e. The van der Waals surface area contributed by atoms with Gasteiger partial charge >= 0.3 is 0 Å². The highest BCUT2D eigenvalue weighted by molar-refractivity contribution is 6.30. The van der Waals surface area contributed by atoms with Gasteiger partial charge in [-0.05, 0) is 43.5 Å². The highest BCUT2D eigenvalue weighted by atomic mass is 35.5. The number of benzene rings is 1. The normalized spacial score (nSPS) is 10.8. The van der Waals surface area contributed by atoms with Crippen LogP contribution in [0.25, 0.3) is 11.3 Å². The number of hydrogen-bond donors (Lipinski definition) is 4. The third-order valence-electron chi connectivity index (χ3n) is 4.43. The van der Waals surface area contributed by atoms with Gasteiger partial charge in [-0.1, -0.05) is 30.2 Å². The van der Waals surface area contributed by atoms with E-state index in [4.69, 9.17) is 22.6 Å². The molecule has 0 amide bonds. The molecule has 7 nitrogen and oxygen atoms in total. The summed E-state index contributed by atoms with van der Waals surface area (Å²) in [5, 5.41) is 27.2. The number of hydrogen-bond acceptors (Lipinski definition) is 5. The van der Waals surface area contributed by atoms with Crippen LogP contribution in [0.2, 0.25) is 5.02 Å². The average molecular weight is 384 g/mol. The number of halogens is 1. The Balaban J connectivity index is 1.38. The number of nitrogen functional groups attached to an aromatic ring is 1. The summed E-state index contributed by atoms with van der Waals surface area (Å²) < 4.78 is 0. The Morgan fingerprint density at radius 3 is 2.74 bits per heavy atom. The first-order chi connectivity index (χ1) is 13.2. The van der Waals surface area contributed by atoms with Crippen LogP contribution in [-0.2, 0) is 13.0 Å². The average Bonchev–Trinajstić information content (AvgIpc) is 3.28. The summed E-state index contributed by atoms with van der Waals surface area (Å²) in [7, 11) is 0. The maximum atomic E-state index is 9.06. The van der Waals surface area contributed by atoms with Gasteiger partial charge in [-0.3, -0.25) is 10.2 Å². The summed E-state index contributed by atoms with van der Waals surface area (Å²) >= 11 is 5.95. The van der Waals surface area contributed by atoms with Gasteiger partial charge in [0.05, 0.1) is 17.6 Å². The molecular formula is C19H22ClN7. The van der Waals surface area contributed by atoms with E-state index in [1.165, 1.54) is 0 Å². The zero-order valence-electron chi connectivity index (χ0n) is 14.9. The summed E-state index contributed by atoms with van der Waals surface area (Å²) in [6.07, 6.45) is 5.74. The Bertz CT molecular complexity index is 905. The predicted molar refractivity (Wildman–Crippen MR) is 106 cm³/mol. The molecule has 0 saturated carbocycles. The van der Waals surface area contributed by atoms with Gasteiger partial charge < -0.3 is 11.1 Å². The Kier molecular flexibility index (Phi) is 6.47. The lowest BCUT2D eigenvalue weighted by molar-refractivity contribution is 0.600. The van der Waals surface area contributed by atoms with Crippen LogP contribution in [0, 0.1) is 11.3 Å². The van der Waals surface area contributed by atoms with Crippen LogP contribution >= 0.6 is 11.6 Å². The van der Waals surface area contributed by atoms with Gasteiger partial charge in [-0.15, -0.1) is 0 Å². The van der Waals surface area contributed by atoms with Gasteiger partial charge in [0, 0.05) is 17.1 Å². The molecule has 0 unspecified atom stereocenters. The van der Waals surface area contributed by atoms with Crippen LogP contribution in [0.15, 0.2) is 30.5 Å². The number of aromatic amines is 2. The molecule has 3 rings (SSSR count). The van der Waals surface area contributed by atoms with Crippen molar-refractivity contribution in [2.24, 2.45) is 0 Å². The molecule has 0 saturated heterocycles. The fourth-order valence-corrected chi connectivity index (χ4v) is 3.09. The van der Waals surface area contributed by atoms with Crippen molar-refractivity contribution in [3.8, 4) is 17.3 Å². The molecule has 0 aliphatic heterocycles. The molecule has 2 aromatic heterocycles. The van der Waals surface area contributed by atoms with Crippen molar-refractivity contribution in [1.29, 1.82) is 5.26 Å². The van der Waals surface area contributed by atoms with Gasteiger partial charge in [0.25, 0.3) is 0 Å². The largest absolute Gasteiger partial charge is 0.381 e. The third kappa shape index (κ3) is 4.88. The molecule has 2 heterocycles. The van der Waals surface area contributed by atoms with Crippen LogP contribution in [0.5, 0.6) is 0 Å². The van der Waals surface area contributed by atoms with Gasteiger partial charge in [0.2, 0.25) is 0 Å². The van der Waals surface area contributed by atoms with Crippen LogP contribution in [0.4, 0.5) is 5.82 Å². The minimum Gasteiger partial charge on any atom is -0.381 e. The highest BCUT2D eigenvalue weighted by Gasteiger charge is 2.09. The number of unbranched alkanes of at least 4 members (excludes halogenated alkanes) is 2. The van der Waals surface area contributed by atoms with E-state index in [0.717, 1.165) is 66.3 Å². The van der Waals surface area contributed by atoms with E-state index in [0.29, 0.717) is 5.56 Å². The number of nitrogens with two attached hydrogens (primary N) is 1.